The molecule has 0 aliphatic carbocycles. The SMILES string of the molecule is O=C(CSc1cc(Cl)ccc1Cl)c1cc(Cl)sc1Cl. The van der Waals surface area contributed by atoms with Gasteiger partial charge in [0.2, 0.25) is 0 Å². The number of Topliss-reactive ketones (excluding diaryl/α,β-unsaturated/α-hetero) is 1. The van der Waals surface area contributed by atoms with Gasteiger partial charge in [-0.05, 0) is 24.3 Å². The maximum Gasteiger partial charge on any atom is 0.175 e. The molecule has 0 saturated carbocycles. The summed E-state index contributed by atoms with van der Waals surface area (Å²) < 4.78 is 0.909. The number of hydrogen-bond acceptors (Lipinski definition) is 3. The Bertz CT molecular complexity index is 624. The number of ketones is 1. The van der Waals surface area contributed by atoms with Gasteiger partial charge in [-0.1, -0.05) is 46.4 Å². The van der Waals surface area contributed by atoms with Crippen LogP contribution in [0.3, 0.4) is 0 Å². The molecule has 0 saturated heterocycles. The average molecular weight is 372 g/mol. The molecule has 0 aliphatic rings. The second-order valence-electron chi connectivity index (χ2n) is 3.52. The normalized spacial score (nSPS) is 10.7. The smallest absolute Gasteiger partial charge is 0.175 e. The third-order valence-electron chi connectivity index (χ3n) is 2.21. The molecule has 0 fully saturated rings. The van der Waals surface area contributed by atoms with Gasteiger partial charge in [-0.3, -0.25) is 4.79 Å². The third-order valence-corrected chi connectivity index (χ3v) is 5.43. The van der Waals surface area contributed by atoms with Crippen molar-refractivity contribution in [3.63, 3.8) is 0 Å². The summed E-state index contributed by atoms with van der Waals surface area (Å²) in [6.45, 7) is 0. The van der Waals surface area contributed by atoms with Gasteiger partial charge < -0.3 is 0 Å². The van der Waals surface area contributed by atoms with Gasteiger partial charge in [0.15, 0.2) is 5.78 Å². The van der Waals surface area contributed by atoms with Gasteiger partial charge in [-0.25, -0.2) is 0 Å². The van der Waals surface area contributed by atoms with Crippen LogP contribution in [0.2, 0.25) is 18.7 Å². The fourth-order valence-corrected chi connectivity index (χ4v) is 4.21. The number of carbonyl (C=O) groups is 1. The first kappa shape index (κ1) is 15.5. The summed E-state index contributed by atoms with van der Waals surface area (Å²) in [6.07, 6.45) is 0. The lowest BCUT2D eigenvalue weighted by Gasteiger charge is -2.04. The van der Waals surface area contributed by atoms with E-state index in [4.69, 9.17) is 46.4 Å². The van der Waals surface area contributed by atoms with E-state index < -0.39 is 0 Å². The number of halogens is 4. The van der Waals surface area contributed by atoms with E-state index in [-0.39, 0.29) is 11.5 Å². The minimum Gasteiger partial charge on any atom is -0.293 e. The number of carbonyl (C=O) groups excluding carboxylic acids is 1. The summed E-state index contributed by atoms with van der Waals surface area (Å²) in [5.41, 5.74) is 0.447. The van der Waals surface area contributed by atoms with Gasteiger partial charge in [0, 0.05) is 15.5 Å². The van der Waals surface area contributed by atoms with E-state index in [1.165, 1.54) is 23.1 Å². The maximum absolute atomic E-state index is 12.0. The highest BCUT2D eigenvalue weighted by Gasteiger charge is 2.15. The molecule has 0 radical (unpaired) electrons. The van der Waals surface area contributed by atoms with Gasteiger partial charge in [0.25, 0.3) is 0 Å². The second-order valence-corrected chi connectivity index (χ2v) is 7.67. The predicted octanol–water partition coefficient (Wildman–Crippen LogP) is 6.34. The van der Waals surface area contributed by atoms with Crippen molar-refractivity contribution in [2.24, 2.45) is 0 Å². The molecule has 0 amide bonds. The summed E-state index contributed by atoms with van der Waals surface area (Å²) in [5, 5.41) is 1.15. The molecule has 2 rings (SSSR count). The molecule has 1 aromatic carbocycles. The van der Waals surface area contributed by atoms with Crippen LogP contribution in [-0.4, -0.2) is 11.5 Å². The van der Waals surface area contributed by atoms with Gasteiger partial charge in [0.1, 0.15) is 4.34 Å². The standard InChI is InChI=1S/C12H6Cl4OS2/c13-6-1-2-8(14)10(3-6)18-5-9(17)7-4-11(15)19-12(7)16/h1-4H,5H2. The first-order chi connectivity index (χ1) is 8.97. The minimum absolute atomic E-state index is 0.0887. The zero-order valence-electron chi connectivity index (χ0n) is 9.25. The number of rotatable bonds is 4. The van der Waals surface area contributed by atoms with Crippen molar-refractivity contribution in [2.45, 2.75) is 4.90 Å². The van der Waals surface area contributed by atoms with E-state index >= 15 is 0 Å². The highest BCUT2D eigenvalue weighted by molar-refractivity contribution is 8.00. The Morgan fingerprint density at radius 1 is 1.16 bits per heavy atom. The molecule has 0 unspecified atom stereocenters. The average Bonchev–Trinajstić information content (AvgIpc) is 2.69. The molecule has 2 aromatic rings. The third kappa shape index (κ3) is 4.03. The Hall–Kier alpha value is 0.1000. The van der Waals surface area contributed by atoms with Crippen LogP contribution in [0, 0.1) is 0 Å². The van der Waals surface area contributed by atoms with Gasteiger partial charge in [-0.2, -0.15) is 0 Å². The highest BCUT2D eigenvalue weighted by Crippen LogP contribution is 2.34. The fourth-order valence-electron chi connectivity index (χ4n) is 1.34. The molecule has 1 nitrogen and oxygen atoms in total. The first-order valence-corrected chi connectivity index (χ1v) is 8.34. The van der Waals surface area contributed by atoms with Crippen LogP contribution in [-0.2, 0) is 0 Å². The van der Waals surface area contributed by atoms with Crippen molar-refractivity contribution in [1.29, 1.82) is 0 Å². The van der Waals surface area contributed by atoms with Crippen molar-refractivity contribution in [3.8, 4) is 0 Å². The number of thiophene rings is 1. The first-order valence-electron chi connectivity index (χ1n) is 5.03. The Balaban J connectivity index is 2.08. The Morgan fingerprint density at radius 2 is 1.89 bits per heavy atom. The summed E-state index contributed by atoms with van der Waals surface area (Å²) in [4.78, 5) is 12.8. The molecule has 0 spiro atoms. The molecule has 7 heteroatoms. The highest BCUT2D eigenvalue weighted by atomic mass is 35.5. The molecule has 1 aromatic heterocycles. The minimum atomic E-state index is -0.0887. The monoisotopic (exact) mass is 370 g/mol. The van der Waals surface area contributed by atoms with Crippen molar-refractivity contribution in [3.05, 3.63) is 48.5 Å². The van der Waals surface area contributed by atoms with Gasteiger partial charge in [0.05, 0.1) is 15.1 Å². The second kappa shape index (κ2) is 6.70. The number of hydrogen-bond donors (Lipinski definition) is 0. The van der Waals surface area contributed by atoms with Crippen LogP contribution < -0.4 is 0 Å². The molecular formula is C12H6Cl4OS2. The largest absolute Gasteiger partial charge is 0.293 e. The maximum atomic E-state index is 12.0. The molecular weight excluding hydrogens is 366 g/mol. The van der Waals surface area contributed by atoms with Crippen LogP contribution in [0.4, 0.5) is 0 Å². The van der Waals surface area contributed by atoms with Crippen molar-refractivity contribution in [1.82, 2.24) is 0 Å². The lowest BCUT2D eigenvalue weighted by atomic mass is 10.2. The van der Waals surface area contributed by atoms with E-state index in [1.54, 1.807) is 24.3 Å². The summed E-state index contributed by atoms with van der Waals surface area (Å²) in [5.74, 6) is 0.140. The zero-order chi connectivity index (χ0) is 14.0. The zero-order valence-corrected chi connectivity index (χ0v) is 13.9. The summed E-state index contributed by atoms with van der Waals surface area (Å²) >= 11 is 26.2. The van der Waals surface area contributed by atoms with Gasteiger partial charge in [-0.15, -0.1) is 23.1 Å². The molecule has 0 aliphatic heterocycles. The van der Waals surface area contributed by atoms with Crippen LogP contribution in [0.5, 0.6) is 0 Å². The molecule has 1 heterocycles. The van der Waals surface area contributed by atoms with Crippen molar-refractivity contribution >= 4 is 75.3 Å². The summed E-state index contributed by atoms with van der Waals surface area (Å²) in [7, 11) is 0. The van der Waals surface area contributed by atoms with E-state index in [9.17, 15) is 4.79 Å². The quantitative estimate of drug-likeness (QED) is 0.460. The Kier molecular flexibility index (Phi) is 5.46. The number of thioether (sulfide) groups is 1. The van der Waals surface area contributed by atoms with E-state index in [0.717, 1.165) is 4.90 Å². The Labute approximate surface area is 138 Å². The molecule has 19 heavy (non-hydrogen) atoms. The fraction of sp³-hybridized carbons (Fsp3) is 0.0833. The molecule has 0 atom stereocenters. The van der Waals surface area contributed by atoms with Crippen LogP contribution in [0.1, 0.15) is 10.4 Å². The van der Waals surface area contributed by atoms with Crippen molar-refractivity contribution < 1.29 is 4.79 Å². The predicted molar refractivity (Wildman–Crippen MR) is 85.9 cm³/mol. The molecule has 0 N–H and O–H groups in total. The lowest BCUT2D eigenvalue weighted by molar-refractivity contribution is 0.102. The number of benzene rings is 1. The van der Waals surface area contributed by atoms with Crippen LogP contribution in [0.25, 0.3) is 0 Å². The van der Waals surface area contributed by atoms with Gasteiger partial charge >= 0.3 is 0 Å². The topological polar surface area (TPSA) is 17.1 Å². The van der Waals surface area contributed by atoms with E-state index in [1.807, 2.05) is 0 Å². The summed E-state index contributed by atoms with van der Waals surface area (Å²) in [6, 6.07) is 6.71. The van der Waals surface area contributed by atoms with Crippen LogP contribution >= 0.6 is 69.5 Å². The van der Waals surface area contributed by atoms with E-state index in [2.05, 4.69) is 0 Å². The molecule has 0 bridgehead atoms. The van der Waals surface area contributed by atoms with Crippen LogP contribution in [0.15, 0.2) is 29.2 Å². The molecule has 100 valence electrons. The van der Waals surface area contributed by atoms with E-state index in [0.29, 0.717) is 24.3 Å². The lowest BCUT2D eigenvalue weighted by Crippen LogP contribution is -2.01. The Morgan fingerprint density at radius 3 is 2.53 bits per heavy atom. The van der Waals surface area contributed by atoms with Crippen molar-refractivity contribution in [2.75, 3.05) is 5.75 Å².